The van der Waals surface area contributed by atoms with Crippen molar-refractivity contribution < 1.29 is 19.1 Å². The summed E-state index contributed by atoms with van der Waals surface area (Å²) in [6.45, 7) is 1.32. The molecule has 8 heteroatoms. The molecule has 3 amide bonds. The summed E-state index contributed by atoms with van der Waals surface area (Å²) < 4.78 is 5.02. The number of benzene rings is 1. The Hall–Kier alpha value is -2.67. The topological polar surface area (TPSA) is 111 Å². The number of pyridine rings is 1. The number of carbonyl (C=O) groups excluding carboxylic acids is 3. The zero-order chi connectivity index (χ0) is 16.3. The van der Waals surface area contributed by atoms with E-state index in [1.807, 2.05) is 5.32 Å². The Balaban J connectivity index is 2.26. The molecule has 1 heterocycles. The highest BCUT2D eigenvalue weighted by molar-refractivity contribution is 6.30. The average molecular weight is 322 g/mol. The number of hydrogen-bond donors (Lipinski definition) is 2. The molecule has 0 saturated carbocycles. The van der Waals surface area contributed by atoms with Crippen molar-refractivity contribution in [2.45, 2.75) is 13.0 Å². The molecule has 0 aliphatic rings. The molecule has 0 aliphatic carbocycles. The minimum Gasteiger partial charge on any atom is -0.449 e. The summed E-state index contributed by atoms with van der Waals surface area (Å²) in [6, 6.07) is 7.20. The van der Waals surface area contributed by atoms with Gasteiger partial charge in [-0.15, -0.1) is 0 Å². The highest BCUT2D eigenvalue weighted by atomic mass is 35.5. The van der Waals surface area contributed by atoms with Crippen molar-refractivity contribution in [3.8, 4) is 0 Å². The first-order valence-corrected chi connectivity index (χ1v) is 6.63. The number of hydrogen-bond acceptors (Lipinski definition) is 5. The summed E-state index contributed by atoms with van der Waals surface area (Å²) in [7, 11) is 0. The lowest BCUT2D eigenvalue weighted by atomic mass is 10.1. The molecule has 0 aliphatic heterocycles. The third-order valence-corrected chi connectivity index (χ3v) is 3.00. The van der Waals surface area contributed by atoms with Gasteiger partial charge in [0.2, 0.25) is 0 Å². The zero-order valence-electron chi connectivity index (χ0n) is 11.5. The van der Waals surface area contributed by atoms with Gasteiger partial charge in [0.25, 0.3) is 5.91 Å². The number of primary amides is 1. The SMILES string of the molecule is C[C@@H](OC(=O)c1cc(Cl)nc2ccccc12)C(=O)NC(N)=O. The molecule has 0 spiro atoms. The lowest BCUT2D eigenvalue weighted by molar-refractivity contribution is -0.127. The third-order valence-electron chi connectivity index (χ3n) is 2.80. The molecule has 1 aromatic heterocycles. The maximum atomic E-state index is 12.2. The quantitative estimate of drug-likeness (QED) is 0.659. The average Bonchev–Trinajstić information content (AvgIpc) is 2.45. The maximum absolute atomic E-state index is 12.2. The van der Waals surface area contributed by atoms with Crippen molar-refractivity contribution >= 4 is 40.4 Å². The largest absolute Gasteiger partial charge is 0.449 e. The van der Waals surface area contributed by atoms with Crippen LogP contribution in [0.15, 0.2) is 30.3 Å². The van der Waals surface area contributed by atoms with E-state index in [-0.39, 0.29) is 10.7 Å². The number of para-hydroxylation sites is 1. The predicted octanol–water partition coefficient (Wildman–Crippen LogP) is 1.63. The van der Waals surface area contributed by atoms with Crippen molar-refractivity contribution in [2.75, 3.05) is 0 Å². The molecule has 114 valence electrons. The summed E-state index contributed by atoms with van der Waals surface area (Å²) in [6.07, 6.45) is -1.19. The second-order valence-electron chi connectivity index (χ2n) is 4.41. The second kappa shape index (κ2) is 6.40. The van der Waals surface area contributed by atoms with Gasteiger partial charge in [-0.1, -0.05) is 29.8 Å². The van der Waals surface area contributed by atoms with Crippen LogP contribution in [0.2, 0.25) is 5.15 Å². The molecule has 2 aromatic rings. The first kappa shape index (κ1) is 15.7. The van der Waals surface area contributed by atoms with Crippen LogP contribution in [0, 0.1) is 0 Å². The number of halogens is 1. The summed E-state index contributed by atoms with van der Waals surface area (Å²) in [4.78, 5) is 38.4. The highest BCUT2D eigenvalue weighted by Gasteiger charge is 2.21. The van der Waals surface area contributed by atoms with Gasteiger partial charge in [0.1, 0.15) is 5.15 Å². The number of rotatable bonds is 3. The fourth-order valence-electron chi connectivity index (χ4n) is 1.81. The monoisotopic (exact) mass is 321 g/mol. The van der Waals surface area contributed by atoms with E-state index < -0.39 is 24.0 Å². The van der Waals surface area contributed by atoms with Gasteiger partial charge in [-0.25, -0.2) is 14.6 Å². The fourth-order valence-corrected chi connectivity index (χ4v) is 2.01. The van der Waals surface area contributed by atoms with E-state index in [2.05, 4.69) is 4.98 Å². The fraction of sp³-hybridized carbons (Fsp3) is 0.143. The number of imide groups is 1. The van der Waals surface area contributed by atoms with Gasteiger partial charge in [0, 0.05) is 5.39 Å². The van der Waals surface area contributed by atoms with E-state index in [1.165, 1.54) is 13.0 Å². The van der Waals surface area contributed by atoms with Gasteiger partial charge >= 0.3 is 12.0 Å². The van der Waals surface area contributed by atoms with Crippen LogP contribution in [0.25, 0.3) is 10.9 Å². The summed E-state index contributed by atoms with van der Waals surface area (Å²) >= 11 is 5.88. The molecular weight excluding hydrogens is 310 g/mol. The third kappa shape index (κ3) is 3.50. The molecular formula is C14H12ClN3O4. The Kier molecular flexibility index (Phi) is 4.57. The molecule has 1 atom stereocenters. The van der Waals surface area contributed by atoms with E-state index in [4.69, 9.17) is 22.1 Å². The Bertz CT molecular complexity index is 763. The van der Waals surface area contributed by atoms with Crippen molar-refractivity contribution in [1.29, 1.82) is 0 Å². The van der Waals surface area contributed by atoms with E-state index in [0.29, 0.717) is 10.9 Å². The number of amides is 3. The van der Waals surface area contributed by atoms with Gasteiger partial charge < -0.3 is 10.5 Å². The minimum atomic E-state index is -1.19. The molecule has 2 rings (SSSR count). The number of nitrogens with zero attached hydrogens (tertiary/aromatic N) is 1. The molecule has 0 bridgehead atoms. The van der Waals surface area contributed by atoms with E-state index >= 15 is 0 Å². The van der Waals surface area contributed by atoms with Gasteiger partial charge in [-0.05, 0) is 19.1 Å². The standard InChI is InChI=1S/C14H12ClN3O4/c1-7(12(19)18-14(16)21)22-13(20)9-6-11(15)17-10-5-3-2-4-8(9)10/h2-7H,1H3,(H3,16,18,19,21)/t7-/m1/s1. The van der Waals surface area contributed by atoms with Crippen LogP contribution in [0.4, 0.5) is 4.79 Å². The van der Waals surface area contributed by atoms with E-state index in [1.54, 1.807) is 24.3 Å². The Morgan fingerprint density at radius 2 is 2.00 bits per heavy atom. The summed E-state index contributed by atoms with van der Waals surface area (Å²) in [5.74, 6) is -1.57. The van der Waals surface area contributed by atoms with Crippen molar-refractivity contribution in [3.63, 3.8) is 0 Å². The van der Waals surface area contributed by atoms with Crippen LogP contribution in [0.5, 0.6) is 0 Å². The summed E-state index contributed by atoms with van der Waals surface area (Å²) in [5.41, 5.74) is 5.53. The number of aromatic nitrogens is 1. The van der Waals surface area contributed by atoms with Crippen molar-refractivity contribution in [3.05, 3.63) is 41.0 Å². The van der Waals surface area contributed by atoms with Gasteiger partial charge in [-0.3, -0.25) is 10.1 Å². The van der Waals surface area contributed by atoms with Crippen LogP contribution in [-0.4, -0.2) is 29.0 Å². The number of urea groups is 1. The Morgan fingerprint density at radius 1 is 1.32 bits per heavy atom. The van der Waals surface area contributed by atoms with Crippen LogP contribution in [-0.2, 0) is 9.53 Å². The molecule has 22 heavy (non-hydrogen) atoms. The van der Waals surface area contributed by atoms with Gasteiger partial charge in [-0.2, -0.15) is 0 Å². The number of nitrogens with one attached hydrogen (secondary N) is 1. The molecule has 1 aromatic carbocycles. The van der Waals surface area contributed by atoms with Crippen LogP contribution in [0.1, 0.15) is 17.3 Å². The Morgan fingerprint density at radius 3 is 2.68 bits per heavy atom. The lowest BCUT2D eigenvalue weighted by Gasteiger charge is -2.13. The zero-order valence-corrected chi connectivity index (χ0v) is 12.3. The normalized spacial score (nSPS) is 11.7. The lowest BCUT2D eigenvalue weighted by Crippen LogP contribution is -2.42. The molecule has 7 nitrogen and oxygen atoms in total. The number of nitrogens with two attached hydrogens (primary N) is 1. The van der Waals surface area contributed by atoms with Gasteiger partial charge in [0.05, 0.1) is 11.1 Å². The maximum Gasteiger partial charge on any atom is 0.339 e. The number of carbonyl (C=O) groups is 3. The summed E-state index contributed by atoms with van der Waals surface area (Å²) in [5, 5.41) is 2.50. The van der Waals surface area contributed by atoms with E-state index in [9.17, 15) is 14.4 Å². The van der Waals surface area contributed by atoms with Crippen molar-refractivity contribution in [1.82, 2.24) is 10.3 Å². The predicted molar refractivity (Wildman–Crippen MR) is 79.4 cm³/mol. The highest BCUT2D eigenvalue weighted by Crippen LogP contribution is 2.21. The van der Waals surface area contributed by atoms with Crippen LogP contribution < -0.4 is 11.1 Å². The molecule has 3 N–H and O–H groups in total. The van der Waals surface area contributed by atoms with E-state index in [0.717, 1.165) is 0 Å². The molecule has 0 saturated heterocycles. The number of esters is 1. The first-order valence-electron chi connectivity index (χ1n) is 6.25. The molecule has 0 unspecified atom stereocenters. The molecule has 0 radical (unpaired) electrons. The first-order chi connectivity index (χ1) is 10.4. The second-order valence-corrected chi connectivity index (χ2v) is 4.80. The van der Waals surface area contributed by atoms with Crippen LogP contribution in [0.3, 0.4) is 0 Å². The smallest absolute Gasteiger partial charge is 0.339 e. The van der Waals surface area contributed by atoms with Crippen molar-refractivity contribution in [2.24, 2.45) is 5.73 Å². The number of fused-ring (bicyclic) bond motifs is 1. The number of ether oxygens (including phenoxy) is 1. The minimum absolute atomic E-state index is 0.125. The molecule has 0 fully saturated rings. The van der Waals surface area contributed by atoms with Crippen LogP contribution >= 0.6 is 11.6 Å². The Labute approximate surface area is 130 Å². The van der Waals surface area contributed by atoms with Gasteiger partial charge in [0.15, 0.2) is 6.10 Å².